The topological polar surface area (TPSA) is 73.0 Å². The van der Waals surface area contributed by atoms with Crippen molar-refractivity contribution in [2.45, 2.75) is 53.9 Å². The summed E-state index contributed by atoms with van der Waals surface area (Å²) < 4.78 is 3.18. The summed E-state index contributed by atoms with van der Waals surface area (Å²) in [6.45, 7) is 11.7. The molecule has 0 bridgehead atoms. The fraction of sp³-hybridized carbons (Fsp3) is 0.385. The van der Waals surface area contributed by atoms with Crippen LogP contribution >= 0.6 is 0 Å². The van der Waals surface area contributed by atoms with Gasteiger partial charge >= 0.3 is 6.03 Å². The second-order valence-corrected chi connectivity index (χ2v) is 9.13. The van der Waals surface area contributed by atoms with E-state index in [4.69, 9.17) is 5.10 Å². The minimum Gasteiger partial charge on any atom is -0.324 e. The molecule has 0 spiro atoms. The van der Waals surface area contributed by atoms with Gasteiger partial charge in [-0.3, -0.25) is 14.3 Å². The Kier molecular flexibility index (Phi) is 5.07. The Bertz CT molecular complexity index is 1430. The van der Waals surface area contributed by atoms with Gasteiger partial charge in [0.2, 0.25) is 0 Å². The summed E-state index contributed by atoms with van der Waals surface area (Å²) >= 11 is 0. The molecule has 0 radical (unpaired) electrons. The Labute approximate surface area is 193 Å². The lowest BCUT2D eigenvalue weighted by molar-refractivity contribution is 0.188. The van der Waals surface area contributed by atoms with Crippen molar-refractivity contribution >= 4 is 16.9 Å². The molecule has 4 heterocycles. The van der Waals surface area contributed by atoms with E-state index in [0.29, 0.717) is 22.6 Å². The molecular formula is C26H29N5O2. The Morgan fingerprint density at radius 2 is 1.64 bits per heavy atom. The summed E-state index contributed by atoms with van der Waals surface area (Å²) in [4.78, 5) is 33.6. The first-order valence-corrected chi connectivity index (χ1v) is 11.6. The zero-order chi connectivity index (χ0) is 23.4. The molecule has 7 heteroatoms. The predicted octanol–water partition coefficient (Wildman–Crippen LogP) is 4.68. The predicted molar refractivity (Wildman–Crippen MR) is 130 cm³/mol. The first kappa shape index (κ1) is 21.4. The summed E-state index contributed by atoms with van der Waals surface area (Å²) in [6, 6.07) is 3.55. The maximum Gasteiger partial charge on any atom is 0.328 e. The van der Waals surface area contributed by atoms with Gasteiger partial charge in [0, 0.05) is 30.4 Å². The molecule has 1 aromatic carbocycles. The summed E-state index contributed by atoms with van der Waals surface area (Å²) in [5, 5.41) is 5.66. The molecule has 1 saturated heterocycles. The third kappa shape index (κ3) is 3.09. The van der Waals surface area contributed by atoms with Crippen molar-refractivity contribution in [2.75, 3.05) is 13.1 Å². The average Bonchev–Trinajstić information content (AvgIpc) is 3.19. The lowest BCUT2D eigenvalue weighted by atomic mass is 9.91. The second-order valence-electron chi connectivity index (χ2n) is 9.13. The Balaban J connectivity index is 1.94. The number of hydrogen-bond donors (Lipinski definition) is 0. The molecule has 2 aromatic rings. The van der Waals surface area contributed by atoms with Crippen LogP contribution < -0.4 is 5.56 Å². The van der Waals surface area contributed by atoms with E-state index in [2.05, 4.69) is 32.7 Å². The van der Waals surface area contributed by atoms with E-state index in [1.54, 1.807) is 23.0 Å². The van der Waals surface area contributed by atoms with Crippen LogP contribution in [0.3, 0.4) is 0 Å². The molecule has 0 N–H and O–H groups in total. The minimum atomic E-state index is -0.229. The van der Waals surface area contributed by atoms with Crippen LogP contribution in [0.2, 0.25) is 0 Å². The fourth-order valence-electron chi connectivity index (χ4n) is 5.16. The molecule has 0 atom stereocenters. The maximum atomic E-state index is 13.9. The lowest BCUT2D eigenvalue weighted by Crippen LogP contribution is -2.40. The van der Waals surface area contributed by atoms with Crippen molar-refractivity contribution in [1.29, 1.82) is 0 Å². The van der Waals surface area contributed by atoms with E-state index in [-0.39, 0.29) is 11.6 Å². The molecule has 0 aliphatic carbocycles. The molecular weight excluding hydrogens is 414 g/mol. The van der Waals surface area contributed by atoms with Gasteiger partial charge in [-0.1, -0.05) is 0 Å². The number of piperidine rings is 1. The lowest BCUT2D eigenvalue weighted by Gasteiger charge is -2.30. The van der Waals surface area contributed by atoms with Crippen LogP contribution in [0.15, 0.2) is 29.3 Å². The summed E-state index contributed by atoms with van der Waals surface area (Å²) in [5.41, 5.74) is 7.42. The van der Waals surface area contributed by atoms with E-state index in [1.165, 1.54) is 4.68 Å². The molecule has 0 saturated carbocycles. The fourth-order valence-corrected chi connectivity index (χ4v) is 5.16. The number of carbonyl (C=O) groups is 1. The van der Waals surface area contributed by atoms with Gasteiger partial charge in [-0.15, -0.1) is 0 Å². The van der Waals surface area contributed by atoms with Gasteiger partial charge < -0.3 is 4.90 Å². The third-order valence-corrected chi connectivity index (χ3v) is 7.36. The highest BCUT2D eigenvalue weighted by Gasteiger charge is 2.31. The van der Waals surface area contributed by atoms with Crippen LogP contribution in [0.4, 0.5) is 4.79 Å². The van der Waals surface area contributed by atoms with Crippen LogP contribution in [-0.4, -0.2) is 43.4 Å². The van der Waals surface area contributed by atoms with Gasteiger partial charge in [-0.2, -0.15) is 9.78 Å². The van der Waals surface area contributed by atoms with E-state index in [9.17, 15) is 9.59 Å². The van der Waals surface area contributed by atoms with Gasteiger partial charge in [0.1, 0.15) is 5.69 Å². The molecule has 33 heavy (non-hydrogen) atoms. The Morgan fingerprint density at radius 3 is 2.30 bits per heavy atom. The number of aromatic nitrogens is 4. The summed E-state index contributed by atoms with van der Waals surface area (Å²) in [7, 11) is 0. The molecule has 1 aromatic heterocycles. The normalized spacial score (nSPS) is 14.4. The third-order valence-electron chi connectivity index (χ3n) is 7.36. The minimum absolute atomic E-state index is 0.0571. The van der Waals surface area contributed by atoms with Gasteiger partial charge in [-0.25, -0.2) is 4.79 Å². The summed E-state index contributed by atoms with van der Waals surface area (Å²) in [6.07, 6.45) is 6.46. The molecule has 1 fully saturated rings. The first-order valence-electron chi connectivity index (χ1n) is 11.6. The molecule has 0 unspecified atom stereocenters. The number of hydrogen-bond acceptors (Lipinski definition) is 4. The van der Waals surface area contributed by atoms with E-state index in [1.807, 2.05) is 17.9 Å². The van der Waals surface area contributed by atoms with Crippen LogP contribution in [-0.2, 0) is 0 Å². The zero-order valence-electron chi connectivity index (χ0n) is 19.9. The number of likely N-dealkylation sites (tertiary alicyclic amines) is 1. The largest absolute Gasteiger partial charge is 0.328 e. The van der Waals surface area contributed by atoms with Crippen LogP contribution in [0.25, 0.3) is 27.8 Å². The number of aryl methyl sites for hydroxylation is 2. The van der Waals surface area contributed by atoms with Gasteiger partial charge in [0.05, 0.1) is 23.0 Å². The van der Waals surface area contributed by atoms with Crippen LogP contribution in [0.1, 0.15) is 47.2 Å². The quantitative estimate of drug-likeness (QED) is 0.428. The molecule has 3 aliphatic rings. The van der Waals surface area contributed by atoms with Gasteiger partial charge in [0.25, 0.3) is 5.56 Å². The number of carbonyl (C=O) groups excluding carboxylic acids is 1. The van der Waals surface area contributed by atoms with E-state index >= 15 is 0 Å². The zero-order valence-corrected chi connectivity index (χ0v) is 19.9. The van der Waals surface area contributed by atoms with Crippen LogP contribution in [0, 0.1) is 34.6 Å². The maximum absolute atomic E-state index is 13.9. The number of nitrogens with zero attached hydrogens (tertiary/aromatic N) is 5. The standard InChI is InChI=1S/C26H29N5O2/c1-15-16(2)18(4)24-21(17(15)3)23-22(25(32)31(28-23)20-10-9-11-27-14-20)19(5)30(24)26(33)29-12-7-6-8-13-29/h9-11,14H,6-8,12-13H2,1-5H3. The molecule has 5 rings (SSSR count). The smallest absolute Gasteiger partial charge is 0.324 e. The van der Waals surface area contributed by atoms with E-state index in [0.717, 1.165) is 65.5 Å². The Morgan fingerprint density at radius 1 is 0.939 bits per heavy atom. The number of fused-ring (bicyclic) bond motifs is 3. The monoisotopic (exact) mass is 443 g/mol. The van der Waals surface area contributed by atoms with Crippen LogP contribution in [0.5, 0.6) is 0 Å². The van der Waals surface area contributed by atoms with Crippen molar-refractivity contribution in [2.24, 2.45) is 0 Å². The molecule has 3 aliphatic heterocycles. The SMILES string of the molecule is Cc1c(C)c(C)c2c(c3nn(-c4cccnc4)c(=O)c-3c(C)n2C(=O)N2CCCCC2)c1C. The number of pyridine rings is 2. The van der Waals surface area contributed by atoms with Crippen molar-refractivity contribution in [1.82, 2.24) is 24.2 Å². The second kappa shape index (κ2) is 7.83. The molecule has 1 amide bonds. The average molecular weight is 444 g/mol. The van der Waals surface area contributed by atoms with Crippen molar-refractivity contribution < 1.29 is 4.79 Å². The number of rotatable bonds is 1. The van der Waals surface area contributed by atoms with Crippen molar-refractivity contribution in [3.8, 4) is 16.9 Å². The van der Waals surface area contributed by atoms with Gasteiger partial charge in [0.15, 0.2) is 0 Å². The van der Waals surface area contributed by atoms with E-state index < -0.39 is 0 Å². The highest BCUT2D eigenvalue weighted by molar-refractivity contribution is 6.04. The number of amides is 1. The van der Waals surface area contributed by atoms with Gasteiger partial charge in [-0.05, 0) is 88.3 Å². The van der Waals surface area contributed by atoms with Crippen molar-refractivity contribution in [3.05, 3.63) is 62.8 Å². The first-order chi connectivity index (χ1) is 15.8. The van der Waals surface area contributed by atoms with Crippen molar-refractivity contribution in [3.63, 3.8) is 0 Å². The Hall–Kier alpha value is -3.48. The number of benzene rings is 1. The highest BCUT2D eigenvalue weighted by atomic mass is 16.2. The highest BCUT2D eigenvalue weighted by Crippen LogP contribution is 2.38. The summed E-state index contributed by atoms with van der Waals surface area (Å²) in [5.74, 6) is 0. The molecule has 170 valence electrons. The molecule has 7 nitrogen and oxygen atoms in total.